The Bertz CT molecular complexity index is 494. The fourth-order valence-electron chi connectivity index (χ4n) is 3.95. The molecule has 0 saturated heterocycles. The third-order valence-corrected chi connectivity index (χ3v) is 4.81. The van der Waals surface area contributed by atoms with Crippen LogP contribution < -0.4 is 4.74 Å². The number of oxime groups is 1. The van der Waals surface area contributed by atoms with Crippen molar-refractivity contribution in [3.63, 3.8) is 0 Å². The van der Waals surface area contributed by atoms with Crippen molar-refractivity contribution >= 4 is 5.71 Å². The van der Waals surface area contributed by atoms with E-state index in [1.165, 1.54) is 24.8 Å². The summed E-state index contributed by atoms with van der Waals surface area (Å²) in [5, 5.41) is 4.36. The lowest BCUT2D eigenvalue weighted by Crippen LogP contribution is -2.29. The van der Waals surface area contributed by atoms with Crippen molar-refractivity contribution < 1.29 is 9.57 Å². The van der Waals surface area contributed by atoms with Crippen LogP contribution >= 0.6 is 0 Å². The van der Waals surface area contributed by atoms with Crippen molar-refractivity contribution in [2.75, 3.05) is 7.11 Å². The van der Waals surface area contributed by atoms with E-state index in [1.807, 2.05) is 12.1 Å². The lowest BCUT2D eigenvalue weighted by molar-refractivity contribution is 0.0275. The van der Waals surface area contributed by atoms with Crippen LogP contribution in [0.2, 0.25) is 0 Å². The predicted molar refractivity (Wildman–Crippen MR) is 68.7 cm³/mol. The molecule has 2 fully saturated rings. The molecule has 18 heavy (non-hydrogen) atoms. The van der Waals surface area contributed by atoms with Crippen LogP contribution in [0.25, 0.3) is 0 Å². The van der Waals surface area contributed by atoms with Crippen LogP contribution in [0.5, 0.6) is 5.75 Å². The molecular formula is C15H17NO2. The second-order valence-electron chi connectivity index (χ2n) is 5.63. The molecule has 0 aromatic heterocycles. The van der Waals surface area contributed by atoms with Crippen molar-refractivity contribution in [2.24, 2.45) is 22.9 Å². The van der Waals surface area contributed by atoms with Gasteiger partial charge >= 0.3 is 0 Å². The number of fused-ring (bicyclic) bond motifs is 5. The lowest BCUT2D eigenvalue weighted by Gasteiger charge is -2.23. The summed E-state index contributed by atoms with van der Waals surface area (Å²) < 4.78 is 5.20. The van der Waals surface area contributed by atoms with E-state index in [2.05, 4.69) is 17.3 Å². The number of ether oxygens (including phenoxy) is 1. The lowest BCUT2D eigenvalue weighted by atomic mass is 9.81. The van der Waals surface area contributed by atoms with Crippen LogP contribution in [0.3, 0.4) is 0 Å². The first-order chi connectivity index (χ1) is 8.86. The van der Waals surface area contributed by atoms with Crippen LogP contribution in [0, 0.1) is 17.8 Å². The summed E-state index contributed by atoms with van der Waals surface area (Å²) in [5.41, 5.74) is 2.35. The van der Waals surface area contributed by atoms with Gasteiger partial charge in [0.05, 0.1) is 12.8 Å². The van der Waals surface area contributed by atoms with E-state index in [4.69, 9.17) is 9.57 Å². The van der Waals surface area contributed by atoms with Gasteiger partial charge in [-0.15, -0.1) is 0 Å². The Labute approximate surface area is 107 Å². The predicted octanol–water partition coefficient (Wildman–Crippen LogP) is 2.84. The summed E-state index contributed by atoms with van der Waals surface area (Å²) in [6.45, 7) is 0. The highest BCUT2D eigenvalue weighted by molar-refractivity contribution is 6.03. The molecule has 3 aliphatic rings. The average molecular weight is 243 g/mol. The van der Waals surface area contributed by atoms with E-state index in [-0.39, 0.29) is 0 Å². The molecule has 1 aromatic carbocycles. The number of rotatable bonds is 2. The maximum Gasteiger partial charge on any atom is 0.139 e. The van der Waals surface area contributed by atoms with E-state index < -0.39 is 0 Å². The molecule has 0 amide bonds. The maximum atomic E-state index is 5.69. The minimum atomic E-state index is 0.362. The molecule has 1 aromatic rings. The molecule has 4 atom stereocenters. The molecule has 2 aliphatic carbocycles. The number of benzene rings is 1. The molecule has 3 nitrogen and oxygen atoms in total. The average Bonchev–Trinajstić information content (AvgIpc) is 3.11. The molecule has 1 heterocycles. The van der Waals surface area contributed by atoms with Crippen LogP contribution in [0.4, 0.5) is 0 Å². The Morgan fingerprint density at radius 3 is 2.72 bits per heavy atom. The zero-order chi connectivity index (χ0) is 12.1. The Balaban J connectivity index is 1.65. The zero-order valence-corrected chi connectivity index (χ0v) is 10.5. The maximum absolute atomic E-state index is 5.69. The molecule has 0 spiro atoms. The van der Waals surface area contributed by atoms with Gasteiger partial charge in [-0.1, -0.05) is 5.16 Å². The fraction of sp³-hybridized carbons (Fsp3) is 0.533. The normalized spacial score (nSPS) is 36.2. The summed E-state index contributed by atoms with van der Waals surface area (Å²) in [6.07, 6.45) is 4.38. The molecule has 0 radical (unpaired) electrons. The Kier molecular flexibility index (Phi) is 2.16. The summed E-state index contributed by atoms with van der Waals surface area (Å²) in [6, 6.07) is 8.18. The van der Waals surface area contributed by atoms with Crippen molar-refractivity contribution in [3.8, 4) is 5.75 Å². The van der Waals surface area contributed by atoms with Gasteiger partial charge in [-0.05, 0) is 55.4 Å². The van der Waals surface area contributed by atoms with Gasteiger partial charge in [0, 0.05) is 11.5 Å². The largest absolute Gasteiger partial charge is 0.497 e. The van der Waals surface area contributed by atoms with E-state index in [0.29, 0.717) is 12.0 Å². The molecule has 3 heteroatoms. The first kappa shape index (κ1) is 10.4. The van der Waals surface area contributed by atoms with Gasteiger partial charge in [0.2, 0.25) is 0 Å². The van der Waals surface area contributed by atoms with Crippen molar-refractivity contribution in [1.82, 2.24) is 0 Å². The number of methoxy groups -OCH3 is 1. The standard InChI is InChI=1S/C15H17NO2/c1-17-12-6-4-9(5-7-12)14-13-10-2-3-11(8-10)15(13)18-16-14/h4-7,10-11,13,15H,2-3,8H2,1H3/t10-,11-,13-,15-/m1/s1. The topological polar surface area (TPSA) is 30.8 Å². The Hall–Kier alpha value is -1.51. The quantitative estimate of drug-likeness (QED) is 0.799. The van der Waals surface area contributed by atoms with E-state index >= 15 is 0 Å². The van der Waals surface area contributed by atoms with Gasteiger partial charge in [-0.25, -0.2) is 0 Å². The summed E-state index contributed by atoms with van der Waals surface area (Å²) in [4.78, 5) is 5.69. The molecule has 2 bridgehead atoms. The fourth-order valence-corrected chi connectivity index (χ4v) is 3.95. The smallest absolute Gasteiger partial charge is 0.139 e. The van der Waals surface area contributed by atoms with Crippen LogP contribution in [0.15, 0.2) is 29.4 Å². The monoisotopic (exact) mass is 243 g/mol. The van der Waals surface area contributed by atoms with Gasteiger partial charge in [-0.3, -0.25) is 0 Å². The third kappa shape index (κ3) is 1.33. The number of nitrogens with zero attached hydrogens (tertiary/aromatic N) is 1. The number of hydrogen-bond acceptors (Lipinski definition) is 3. The molecule has 2 saturated carbocycles. The minimum Gasteiger partial charge on any atom is -0.497 e. The highest BCUT2D eigenvalue weighted by Crippen LogP contribution is 2.53. The van der Waals surface area contributed by atoms with Gasteiger partial charge < -0.3 is 9.57 Å². The Morgan fingerprint density at radius 2 is 1.94 bits per heavy atom. The van der Waals surface area contributed by atoms with Crippen molar-refractivity contribution in [2.45, 2.75) is 25.4 Å². The first-order valence-corrected chi connectivity index (χ1v) is 6.75. The second-order valence-corrected chi connectivity index (χ2v) is 5.63. The number of hydrogen-bond donors (Lipinski definition) is 0. The second kappa shape index (κ2) is 3.74. The SMILES string of the molecule is COc1ccc(C2=NO[C@@H]3[C@@H]4CC[C@H](C4)[C@H]23)cc1. The van der Waals surface area contributed by atoms with Crippen molar-refractivity contribution in [3.05, 3.63) is 29.8 Å². The highest BCUT2D eigenvalue weighted by Gasteiger charge is 2.54. The van der Waals surface area contributed by atoms with Crippen LogP contribution in [-0.2, 0) is 4.84 Å². The summed E-state index contributed by atoms with van der Waals surface area (Å²) in [7, 11) is 1.69. The zero-order valence-electron chi connectivity index (χ0n) is 10.5. The molecule has 0 unspecified atom stereocenters. The van der Waals surface area contributed by atoms with Gasteiger partial charge in [0.1, 0.15) is 11.9 Å². The first-order valence-electron chi connectivity index (χ1n) is 6.75. The molecule has 0 N–H and O–H groups in total. The van der Waals surface area contributed by atoms with E-state index in [1.54, 1.807) is 7.11 Å². The van der Waals surface area contributed by atoms with Crippen molar-refractivity contribution in [1.29, 1.82) is 0 Å². The molecule has 94 valence electrons. The van der Waals surface area contributed by atoms with Gasteiger partial charge in [0.25, 0.3) is 0 Å². The molecular weight excluding hydrogens is 226 g/mol. The van der Waals surface area contributed by atoms with Crippen LogP contribution in [-0.4, -0.2) is 18.9 Å². The molecule has 1 aliphatic heterocycles. The van der Waals surface area contributed by atoms with E-state index in [0.717, 1.165) is 23.3 Å². The summed E-state index contributed by atoms with van der Waals surface area (Å²) >= 11 is 0. The highest BCUT2D eigenvalue weighted by atomic mass is 16.6. The summed E-state index contributed by atoms with van der Waals surface area (Å²) in [5.74, 6) is 2.97. The van der Waals surface area contributed by atoms with E-state index in [9.17, 15) is 0 Å². The molecule has 4 rings (SSSR count). The minimum absolute atomic E-state index is 0.362. The van der Waals surface area contributed by atoms with Gasteiger partial charge in [-0.2, -0.15) is 0 Å². The Morgan fingerprint density at radius 1 is 1.17 bits per heavy atom. The van der Waals surface area contributed by atoms with Crippen LogP contribution in [0.1, 0.15) is 24.8 Å². The third-order valence-electron chi connectivity index (χ3n) is 4.81. The van der Waals surface area contributed by atoms with Gasteiger partial charge in [0.15, 0.2) is 0 Å².